The van der Waals surface area contributed by atoms with Gasteiger partial charge in [-0.05, 0) is 30.0 Å². The Kier molecular flexibility index (Phi) is 5.61. The number of nitrogens with one attached hydrogen (secondary N) is 1. The molecule has 0 saturated heterocycles. The van der Waals surface area contributed by atoms with Crippen molar-refractivity contribution < 1.29 is 14.7 Å². The van der Waals surface area contributed by atoms with Gasteiger partial charge >= 0.3 is 5.97 Å². The number of amides is 1. The standard InChI is InChI=1S/C15H21ClN2O3/c1-15(2,3)8-10(7-13(19)20)18-12-5-4-9(14(17)21)6-11(12)16/h4-6,10,18H,7-8H2,1-3H3,(H2,17,21)(H,19,20). The molecule has 1 amide bonds. The molecule has 0 fully saturated rings. The van der Waals surface area contributed by atoms with Crippen LogP contribution in [-0.4, -0.2) is 23.0 Å². The van der Waals surface area contributed by atoms with E-state index in [1.165, 1.54) is 6.07 Å². The van der Waals surface area contributed by atoms with Crippen LogP contribution < -0.4 is 11.1 Å². The van der Waals surface area contributed by atoms with Crippen LogP contribution in [0.4, 0.5) is 5.69 Å². The molecule has 1 unspecified atom stereocenters. The maximum atomic E-state index is 11.1. The van der Waals surface area contributed by atoms with E-state index < -0.39 is 11.9 Å². The van der Waals surface area contributed by atoms with Crippen molar-refractivity contribution in [3.8, 4) is 0 Å². The van der Waals surface area contributed by atoms with E-state index in [0.717, 1.165) is 0 Å². The number of anilines is 1. The highest BCUT2D eigenvalue weighted by Crippen LogP contribution is 2.28. The second-order valence-electron chi connectivity index (χ2n) is 6.26. The lowest BCUT2D eigenvalue weighted by molar-refractivity contribution is -0.137. The summed E-state index contributed by atoms with van der Waals surface area (Å²) in [5.74, 6) is -1.43. The van der Waals surface area contributed by atoms with E-state index in [-0.39, 0.29) is 17.9 Å². The Bertz CT molecular complexity index is 538. The van der Waals surface area contributed by atoms with Crippen LogP contribution in [0.5, 0.6) is 0 Å². The first-order valence-electron chi connectivity index (χ1n) is 6.66. The molecule has 6 heteroatoms. The highest BCUT2D eigenvalue weighted by molar-refractivity contribution is 6.33. The number of carboxylic acid groups (broad SMARTS) is 1. The number of nitrogens with two attached hydrogens (primary N) is 1. The quantitative estimate of drug-likeness (QED) is 0.752. The fourth-order valence-electron chi connectivity index (χ4n) is 2.13. The first-order chi connectivity index (χ1) is 9.58. The number of benzene rings is 1. The minimum Gasteiger partial charge on any atom is -0.481 e. The molecule has 5 nitrogen and oxygen atoms in total. The maximum Gasteiger partial charge on any atom is 0.305 e. The minimum absolute atomic E-state index is 0.00876. The van der Waals surface area contributed by atoms with E-state index in [1.807, 2.05) is 20.8 Å². The number of carboxylic acids is 1. The smallest absolute Gasteiger partial charge is 0.305 e. The lowest BCUT2D eigenvalue weighted by atomic mass is 9.87. The average molecular weight is 313 g/mol. The Labute approximate surface area is 129 Å². The third kappa shape index (κ3) is 6.04. The number of rotatable bonds is 6. The van der Waals surface area contributed by atoms with Crippen LogP contribution in [-0.2, 0) is 4.79 Å². The van der Waals surface area contributed by atoms with E-state index in [9.17, 15) is 9.59 Å². The van der Waals surface area contributed by atoms with Crippen LogP contribution in [0.2, 0.25) is 5.02 Å². The highest BCUT2D eigenvalue weighted by atomic mass is 35.5. The SMILES string of the molecule is CC(C)(C)CC(CC(=O)O)Nc1ccc(C(N)=O)cc1Cl. The van der Waals surface area contributed by atoms with Gasteiger partial charge < -0.3 is 16.2 Å². The van der Waals surface area contributed by atoms with Crippen molar-refractivity contribution in [3.63, 3.8) is 0 Å². The van der Waals surface area contributed by atoms with Gasteiger partial charge in [0.05, 0.1) is 17.1 Å². The van der Waals surface area contributed by atoms with E-state index in [1.54, 1.807) is 12.1 Å². The third-order valence-corrected chi connectivity index (χ3v) is 3.21. The summed E-state index contributed by atoms with van der Waals surface area (Å²) in [6.07, 6.45) is 0.665. The summed E-state index contributed by atoms with van der Waals surface area (Å²) in [6, 6.07) is 4.42. The maximum absolute atomic E-state index is 11.1. The fourth-order valence-corrected chi connectivity index (χ4v) is 2.36. The van der Waals surface area contributed by atoms with Gasteiger partial charge in [0, 0.05) is 11.6 Å². The molecule has 0 bridgehead atoms. The molecule has 0 spiro atoms. The zero-order chi connectivity index (χ0) is 16.2. The Morgan fingerprint density at radius 1 is 1.38 bits per heavy atom. The molecule has 0 heterocycles. The lowest BCUT2D eigenvalue weighted by Crippen LogP contribution is -2.28. The Balaban J connectivity index is 2.92. The molecular weight excluding hydrogens is 292 g/mol. The van der Waals surface area contributed by atoms with Crippen LogP contribution in [0.3, 0.4) is 0 Å². The second-order valence-corrected chi connectivity index (χ2v) is 6.67. The second kappa shape index (κ2) is 6.80. The third-order valence-electron chi connectivity index (χ3n) is 2.89. The molecule has 0 aliphatic rings. The molecule has 21 heavy (non-hydrogen) atoms. The molecule has 0 radical (unpaired) electrons. The summed E-state index contributed by atoms with van der Waals surface area (Å²) >= 11 is 6.11. The Morgan fingerprint density at radius 3 is 2.43 bits per heavy atom. The molecule has 0 saturated carbocycles. The van der Waals surface area contributed by atoms with Gasteiger partial charge in [-0.3, -0.25) is 9.59 Å². The van der Waals surface area contributed by atoms with Crippen molar-refractivity contribution in [1.82, 2.24) is 0 Å². The number of carbonyl (C=O) groups excluding carboxylic acids is 1. The minimum atomic E-state index is -0.873. The Hall–Kier alpha value is -1.75. The number of hydrogen-bond donors (Lipinski definition) is 3. The molecule has 0 aliphatic heterocycles. The molecule has 4 N–H and O–H groups in total. The molecule has 0 aromatic heterocycles. The first kappa shape index (κ1) is 17.3. The van der Waals surface area contributed by atoms with E-state index >= 15 is 0 Å². The molecule has 116 valence electrons. The van der Waals surface area contributed by atoms with Crippen molar-refractivity contribution in [2.45, 2.75) is 39.7 Å². The van der Waals surface area contributed by atoms with Gasteiger partial charge in [0.15, 0.2) is 0 Å². The average Bonchev–Trinajstić information content (AvgIpc) is 2.28. The molecule has 0 aliphatic carbocycles. The van der Waals surface area contributed by atoms with E-state index in [2.05, 4.69) is 5.32 Å². The van der Waals surface area contributed by atoms with E-state index in [4.69, 9.17) is 22.4 Å². The number of halogens is 1. The largest absolute Gasteiger partial charge is 0.481 e. The van der Waals surface area contributed by atoms with Gasteiger partial charge in [-0.15, -0.1) is 0 Å². The Morgan fingerprint density at radius 2 is 2.00 bits per heavy atom. The summed E-state index contributed by atoms with van der Waals surface area (Å²) in [5.41, 5.74) is 6.08. The van der Waals surface area contributed by atoms with Gasteiger partial charge in [-0.2, -0.15) is 0 Å². The molecular formula is C15H21ClN2O3. The van der Waals surface area contributed by atoms with Crippen molar-refractivity contribution in [1.29, 1.82) is 0 Å². The van der Waals surface area contributed by atoms with Crippen molar-refractivity contribution in [2.75, 3.05) is 5.32 Å². The molecule has 1 aromatic carbocycles. The molecule has 1 rings (SSSR count). The van der Waals surface area contributed by atoms with Crippen LogP contribution in [0.1, 0.15) is 44.0 Å². The molecule has 1 aromatic rings. The predicted octanol–water partition coefficient (Wildman–Crippen LogP) is 3.13. The predicted molar refractivity (Wildman–Crippen MR) is 83.7 cm³/mol. The first-order valence-corrected chi connectivity index (χ1v) is 7.04. The van der Waals surface area contributed by atoms with Gasteiger partial charge in [-0.1, -0.05) is 32.4 Å². The van der Waals surface area contributed by atoms with Gasteiger partial charge in [-0.25, -0.2) is 0 Å². The number of aliphatic carboxylic acids is 1. The normalized spacial score (nSPS) is 12.8. The lowest BCUT2D eigenvalue weighted by Gasteiger charge is -2.27. The topological polar surface area (TPSA) is 92.4 Å². The number of hydrogen-bond acceptors (Lipinski definition) is 3. The summed E-state index contributed by atoms with van der Waals surface area (Å²) < 4.78 is 0. The number of carbonyl (C=O) groups is 2. The van der Waals surface area contributed by atoms with Crippen molar-refractivity contribution in [3.05, 3.63) is 28.8 Å². The van der Waals surface area contributed by atoms with Gasteiger partial charge in [0.2, 0.25) is 5.91 Å². The van der Waals surface area contributed by atoms with Gasteiger partial charge in [0.25, 0.3) is 0 Å². The number of primary amides is 1. The van der Waals surface area contributed by atoms with Crippen LogP contribution in [0.25, 0.3) is 0 Å². The molecule has 1 atom stereocenters. The van der Waals surface area contributed by atoms with Crippen molar-refractivity contribution >= 4 is 29.2 Å². The monoisotopic (exact) mass is 312 g/mol. The highest BCUT2D eigenvalue weighted by Gasteiger charge is 2.22. The van der Waals surface area contributed by atoms with Crippen LogP contribution >= 0.6 is 11.6 Å². The fraction of sp³-hybridized carbons (Fsp3) is 0.467. The summed E-state index contributed by atoms with van der Waals surface area (Å²) in [6.45, 7) is 6.13. The summed E-state index contributed by atoms with van der Waals surface area (Å²) in [4.78, 5) is 22.1. The summed E-state index contributed by atoms with van der Waals surface area (Å²) in [7, 11) is 0. The van der Waals surface area contributed by atoms with Crippen LogP contribution in [0, 0.1) is 5.41 Å². The summed E-state index contributed by atoms with van der Waals surface area (Å²) in [5, 5.41) is 12.5. The van der Waals surface area contributed by atoms with E-state index in [0.29, 0.717) is 22.7 Å². The zero-order valence-corrected chi connectivity index (χ0v) is 13.2. The van der Waals surface area contributed by atoms with Gasteiger partial charge in [0.1, 0.15) is 0 Å². The van der Waals surface area contributed by atoms with Crippen molar-refractivity contribution in [2.24, 2.45) is 11.1 Å². The van der Waals surface area contributed by atoms with Crippen LogP contribution in [0.15, 0.2) is 18.2 Å². The zero-order valence-electron chi connectivity index (χ0n) is 12.4.